The summed E-state index contributed by atoms with van der Waals surface area (Å²) in [4.78, 5) is 0.250. The number of nitrogens with one attached hydrogen (secondary N) is 1. The predicted molar refractivity (Wildman–Crippen MR) is 67.2 cm³/mol. The van der Waals surface area contributed by atoms with Crippen molar-refractivity contribution in [2.45, 2.75) is 38.2 Å². The molecule has 2 N–H and O–H groups in total. The van der Waals surface area contributed by atoms with Crippen LogP contribution in [0.2, 0.25) is 0 Å². The Kier molecular flexibility index (Phi) is 5.11. The van der Waals surface area contributed by atoms with Crippen molar-refractivity contribution in [3.63, 3.8) is 0 Å². The molecule has 4 nitrogen and oxygen atoms in total. The zero-order valence-electron chi connectivity index (χ0n) is 10.2. The van der Waals surface area contributed by atoms with Gasteiger partial charge in [0.1, 0.15) is 0 Å². The van der Waals surface area contributed by atoms with Crippen molar-refractivity contribution >= 4 is 10.0 Å². The Morgan fingerprint density at radius 2 is 2.06 bits per heavy atom. The molecule has 0 radical (unpaired) electrons. The van der Waals surface area contributed by atoms with E-state index < -0.39 is 10.0 Å². The Morgan fingerprint density at radius 3 is 2.65 bits per heavy atom. The van der Waals surface area contributed by atoms with E-state index in [1.54, 1.807) is 25.1 Å². The maximum atomic E-state index is 12.0. The number of hydrogen-bond acceptors (Lipinski definition) is 3. The second-order valence-corrected chi connectivity index (χ2v) is 5.69. The van der Waals surface area contributed by atoms with Crippen molar-refractivity contribution in [3.05, 3.63) is 29.3 Å². The normalized spacial score (nSPS) is 11.7. The monoisotopic (exact) mass is 257 g/mol. The van der Waals surface area contributed by atoms with Gasteiger partial charge in [-0.05, 0) is 30.5 Å². The number of unbranched alkanes of at least 4 members (excludes halogenated alkanes) is 1. The number of aliphatic hydroxyl groups is 1. The highest BCUT2D eigenvalue weighted by Crippen LogP contribution is 2.18. The summed E-state index contributed by atoms with van der Waals surface area (Å²) >= 11 is 0. The van der Waals surface area contributed by atoms with Crippen LogP contribution in [0.25, 0.3) is 0 Å². The van der Waals surface area contributed by atoms with Crippen molar-refractivity contribution in [2.24, 2.45) is 0 Å². The van der Waals surface area contributed by atoms with Gasteiger partial charge in [0, 0.05) is 6.54 Å². The molecular formula is C12H19NO3S. The predicted octanol–water partition coefficient (Wildman–Crippen LogP) is 1.57. The van der Waals surface area contributed by atoms with Gasteiger partial charge < -0.3 is 5.11 Å². The molecule has 0 aliphatic carbocycles. The summed E-state index contributed by atoms with van der Waals surface area (Å²) in [6.07, 6.45) is 1.76. The number of sulfonamides is 1. The third kappa shape index (κ3) is 3.52. The Hall–Kier alpha value is -0.910. The van der Waals surface area contributed by atoms with Crippen molar-refractivity contribution < 1.29 is 13.5 Å². The van der Waals surface area contributed by atoms with E-state index in [2.05, 4.69) is 4.72 Å². The Bertz CT molecular complexity index is 469. The van der Waals surface area contributed by atoms with Gasteiger partial charge in [0.15, 0.2) is 0 Å². The molecule has 5 heteroatoms. The Morgan fingerprint density at radius 1 is 1.35 bits per heavy atom. The fraction of sp³-hybridized carbons (Fsp3) is 0.500. The molecule has 0 aliphatic rings. The van der Waals surface area contributed by atoms with Crippen LogP contribution in [0.4, 0.5) is 0 Å². The average Bonchev–Trinajstić information content (AvgIpc) is 2.29. The van der Waals surface area contributed by atoms with Gasteiger partial charge in [-0.3, -0.25) is 0 Å². The van der Waals surface area contributed by atoms with Crippen LogP contribution in [-0.2, 0) is 16.6 Å². The molecule has 17 heavy (non-hydrogen) atoms. The standard InChI is InChI=1S/C12H19NO3S/c1-3-4-8-13-17(15,16)12-7-5-6-11(9-14)10(12)2/h5-7,13-14H,3-4,8-9H2,1-2H3. The summed E-state index contributed by atoms with van der Waals surface area (Å²) < 4.78 is 26.6. The first kappa shape index (κ1) is 14.2. The van der Waals surface area contributed by atoms with Crippen LogP contribution in [0.5, 0.6) is 0 Å². The lowest BCUT2D eigenvalue weighted by Crippen LogP contribution is -2.25. The highest BCUT2D eigenvalue weighted by atomic mass is 32.2. The third-order valence-corrected chi connectivity index (χ3v) is 4.28. The lowest BCUT2D eigenvalue weighted by Gasteiger charge is -2.11. The van der Waals surface area contributed by atoms with E-state index in [0.717, 1.165) is 12.8 Å². The Labute approximate surface area is 103 Å². The van der Waals surface area contributed by atoms with E-state index in [9.17, 15) is 8.42 Å². The highest BCUT2D eigenvalue weighted by Gasteiger charge is 2.17. The summed E-state index contributed by atoms with van der Waals surface area (Å²) in [5.74, 6) is 0. The summed E-state index contributed by atoms with van der Waals surface area (Å²) in [6, 6.07) is 4.93. The van der Waals surface area contributed by atoms with E-state index in [4.69, 9.17) is 5.11 Å². The number of aliphatic hydroxyl groups excluding tert-OH is 1. The van der Waals surface area contributed by atoms with Gasteiger partial charge >= 0.3 is 0 Å². The second-order valence-electron chi connectivity index (χ2n) is 3.95. The number of benzene rings is 1. The van der Waals surface area contributed by atoms with Crippen LogP contribution in [0.3, 0.4) is 0 Å². The van der Waals surface area contributed by atoms with Crippen molar-refractivity contribution in [1.29, 1.82) is 0 Å². The van der Waals surface area contributed by atoms with Gasteiger partial charge in [-0.2, -0.15) is 0 Å². The van der Waals surface area contributed by atoms with Crippen LogP contribution >= 0.6 is 0 Å². The molecule has 0 fully saturated rings. The lowest BCUT2D eigenvalue weighted by atomic mass is 10.1. The minimum absolute atomic E-state index is 0.149. The third-order valence-electron chi connectivity index (χ3n) is 2.68. The molecule has 0 bridgehead atoms. The molecule has 0 saturated heterocycles. The van der Waals surface area contributed by atoms with Gasteiger partial charge in [-0.15, -0.1) is 0 Å². The average molecular weight is 257 g/mol. The number of hydrogen-bond donors (Lipinski definition) is 2. The van der Waals surface area contributed by atoms with Gasteiger partial charge in [0.05, 0.1) is 11.5 Å². The SMILES string of the molecule is CCCCNS(=O)(=O)c1cccc(CO)c1C. The largest absolute Gasteiger partial charge is 0.392 e. The van der Waals surface area contributed by atoms with Crippen LogP contribution in [0.15, 0.2) is 23.1 Å². The number of rotatable bonds is 6. The van der Waals surface area contributed by atoms with Crippen LogP contribution in [-0.4, -0.2) is 20.1 Å². The van der Waals surface area contributed by atoms with Gasteiger partial charge in [0.2, 0.25) is 10.0 Å². The second kappa shape index (κ2) is 6.14. The maximum absolute atomic E-state index is 12.0. The van der Waals surface area contributed by atoms with E-state index in [-0.39, 0.29) is 11.5 Å². The molecule has 0 heterocycles. The van der Waals surface area contributed by atoms with E-state index in [1.165, 1.54) is 0 Å². The molecule has 0 amide bonds. The molecule has 0 spiro atoms. The zero-order valence-corrected chi connectivity index (χ0v) is 11.0. The summed E-state index contributed by atoms with van der Waals surface area (Å²) in [5.41, 5.74) is 1.25. The topological polar surface area (TPSA) is 66.4 Å². The summed E-state index contributed by atoms with van der Waals surface area (Å²) in [7, 11) is -3.46. The summed E-state index contributed by atoms with van der Waals surface area (Å²) in [5, 5.41) is 9.11. The molecule has 1 aromatic carbocycles. The van der Waals surface area contributed by atoms with Gasteiger partial charge in [0.25, 0.3) is 0 Å². The molecule has 0 saturated carbocycles. The van der Waals surface area contributed by atoms with E-state index in [1.807, 2.05) is 6.92 Å². The first-order valence-electron chi connectivity index (χ1n) is 5.72. The molecule has 0 aromatic heterocycles. The quantitative estimate of drug-likeness (QED) is 0.760. The van der Waals surface area contributed by atoms with Gasteiger partial charge in [-0.25, -0.2) is 13.1 Å². The molecule has 0 unspecified atom stereocenters. The lowest BCUT2D eigenvalue weighted by molar-refractivity contribution is 0.280. The Balaban J connectivity index is 2.99. The van der Waals surface area contributed by atoms with E-state index in [0.29, 0.717) is 17.7 Å². The maximum Gasteiger partial charge on any atom is 0.240 e. The molecule has 1 aromatic rings. The smallest absolute Gasteiger partial charge is 0.240 e. The first-order valence-corrected chi connectivity index (χ1v) is 7.20. The first-order chi connectivity index (χ1) is 8.03. The fourth-order valence-electron chi connectivity index (χ4n) is 1.58. The summed E-state index contributed by atoms with van der Waals surface area (Å²) in [6.45, 7) is 4.01. The molecule has 96 valence electrons. The van der Waals surface area contributed by atoms with Crippen molar-refractivity contribution in [1.82, 2.24) is 4.72 Å². The molecule has 0 atom stereocenters. The molecule has 1 rings (SSSR count). The van der Waals surface area contributed by atoms with Crippen LogP contribution in [0.1, 0.15) is 30.9 Å². The molecular weight excluding hydrogens is 238 g/mol. The van der Waals surface area contributed by atoms with Crippen molar-refractivity contribution in [3.8, 4) is 0 Å². The fourth-order valence-corrected chi connectivity index (χ4v) is 2.94. The highest BCUT2D eigenvalue weighted by molar-refractivity contribution is 7.89. The zero-order chi connectivity index (χ0) is 12.9. The van der Waals surface area contributed by atoms with E-state index >= 15 is 0 Å². The van der Waals surface area contributed by atoms with Gasteiger partial charge in [-0.1, -0.05) is 25.5 Å². The van der Waals surface area contributed by atoms with Crippen molar-refractivity contribution in [2.75, 3.05) is 6.54 Å². The van der Waals surface area contributed by atoms with Crippen LogP contribution < -0.4 is 4.72 Å². The minimum atomic E-state index is -3.46. The van der Waals surface area contributed by atoms with Crippen LogP contribution in [0, 0.1) is 6.92 Å². The minimum Gasteiger partial charge on any atom is -0.392 e. The molecule has 0 aliphatic heterocycles.